The molecule has 2 amide bonds. The largest absolute Gasteiger partial charge is 0.395 e. The molecule has 2 aliphatic rings. The summed E-state index contributed by atoms with van der Waals surface area (Å²) in [6.07, 6.45) is 3.71. The summed E-state index contributed by atoms with van der Waals surface area (Å²) >= 11 is 0. The number of urea groups is 1. The molecule has 0 saturated carbocycles. The first-order chi connectivity index (χ1) is 17.6. The van der Waals surface area contributed by atoms with Gasteiger partial charge in [0.15, 0.2) is 0 Å². The van der Waals surface area contributed by atoms with E-state index in [1.165, 1.54) is 5.56 Å². The molecule has 3 heterocycles. The van der Waals surface area contributed by atoms with Crippen LogP contribution in [0.25, 0.3) is 0 Å². The molecule has 0 spiro atoms. The second kappa shape index (κ2) is 10.9. The molecule has 184 valence electrons. The minimum absolute atomic E-state index is 0.0629. The number of nitrogens with one attached hydrogen (secondary N) is 1. The van der Waals surface area contributed by atoms with Crippen molar-refractivity contribution in [3.63, 3.8) is 0 Å². The van der Waals surface area contributed by atoms with Crippen molar-refractivity contribution in [2.45, 2.75) is 37.8 Å². The zero-order valence-corrected chi connectivity index (χ0v) is 20.6. The van der Waals surface area contributed by atoms with Gasteiger partial charge in [0.05, 0.1) is 6.61 Å². The molecule has 36 heavy (non-hydrogen) atoms. The molecule has 0 radical (unpaired) electrons. The average Bonchev–Trinajstić information content (AvgIpc) is 2.89. The number of hydrogen-bond donors (Lipinski definition) is 2. The molecule has 1 aromatic heterocycles. The fourth-order valence-corrected chi connectivity index (χ4v) is 5.33. The number of aliphatic hydroxyl groups excluding tert-OH is 1. The Hall–Kier alpha value is -3.66. The molecule has 2 aromatic carbocycles. The van der Waals surface area contributed by atoms with Crippen LogP contribution in [0.2, 0.25) is 0 Å². The van der Waals surface area contributed by atoms with Crippen molar-refractivity contribution in [3.8, 4) is 11.8 Å². The molecule has 0 unspecified atom stereocenters. The highest BCUT2D eigenvalue weighted by Gasteiger charge is 2.49. The van der Waals surface area contributed by atoms with E-state index in [4.69, 9.17) is 0 Å². The molecule has 0 bridgehead atoms. The van der Waals surface area contributed by atoms with Gasteiger partial charge in [-0.05, 0) is 74.2 Å². The normalized spacial score (nSPS) is 21.7. The van der Waals surface area contributed by atoms with E-state index in [0.29, 0.717) is 6.54 Å². The maximum Gasteiger partial charge on any atom is 0.321 e. The summed E-state index contributed by atoms with van der Waals surface area (Å²) in [5, 5.41) is 13.3. The van der Waals surface area contributed by atoms with Crippen molar-refractivity contribution in [1.82, 2.24) is 14.8 Å². The van der Waals surface area contributed by atoms with E-state index >= 15 is 0 Å². The summed E-state index contributed by atoms with van der Waals surface area (Å²) < 4.78 is 0. The number of pyridine rings is 1. The van der Waals surface area contributed by atoms with Gasteiger partial charge >= 0.3 is 6.03 Å². The Morgan fingerprint density at radius 2 is 1.81 bits per heavy atom. The summed E-state index contributed by atoms with van der Waals surface area (Å²) in [6, 6.07) is 22.1. The predicted molar refractivity (Wildman–Crippen MR) is 142 cm³/mol. The molecule has 6 nitrogen and oxygen atoms in total. The van der Waals surface area contributed by atoms with Crippen LogP contribution >= 0.6 is 0 Å². The Morgan fingerprint density at radius 1 is 1.03 bits per heavy atom. The van der Waals surface area contributed by atoms with Gasteiger partial charge < -0.3 is 15.3 Å². The molecule has 2 N–H and O–H groups in total. The van der Waals surface area contributed by atoms with Gasteiger partial charge in [-0.3, -0.25) is 4.90 Å². The van der Waals surface area contributed by atoms with Crippen LogP contribution in [-0.2, 0) is 0 Å². The van der Waals surface area contributed by atoms with Gasteiger partial charge in [-0.25, -0.2) is 9.78 Å². The van der Waals surface area contributed by atoms with Crippen molar-refractivity contribution in [2.24, 2.45) is 0 Å². The van der Waals surface area contributed by atoms with E-state index < -0.39 is 0 Å². The number of aromatic nitrogens is 1. The Morgan fingerprint density at radius 3 is 2.53 bits per heavy atom. The number of aliphatic hydroxyl groups is 1. The lowest BCUT2D eigenvalue weighted by molar-refractivity contribution is -0.0585. The summed E-state index contributed by atoms with van der Waals surface area (Å²) in [7, 11) is 0. The van der Waals surface area contributed by atoms with Crippen LogP contribution in [0.1, 0.15) is 41.1 Å². The Balaban J connectivity index is 1.31. The zero-order chi connectivity index (χ0) is 24.9. The number of carbonyl (C=O) groups excluding carboxylic acids is 1. The van der Waals surface area contributed by atoms with E-state index in [1.54, 1.807) is 6.20 Å². The molecule has 0 aliphatic carbocycles. The van der Waals surface area contributed by atoms with Crippen LogP contribution in [0.3, 0.4) is 0 Å². The van der Waals surface area contributed by atoms with Crippen LogP contribution < -0.4 is 5.32 Å². The quantitative estimate of drug-likeness (QED) is 0.550. The highest BCUT2D eigenvalue weighted by Crippen LogP contribution is 2.42. The van der Waals surface area contributed by atoms with Gasteiger partial charge in [-0.1, -0.05) is 41.8 Å². The second-order valence-electron chi connectivity index (χ2n) is 9.62. The van der Waals surface area contributed by atoms with Crippen molar-refractivity contribution >= 4 is 11.7 Å². The van der Waals surface area contributed by atoms with Crippen molar-refractivity contribution < 1.29 is 9.90 Å². The molecule has 2 fully saturated rings. The minimum Gasteiger partial charge on any atom is -0.395 e. The average molecular weight is 481 g/mol. The van der Waals surface area contributed by atoms with E-state index in [2.05, 4.69) is 39.2 Å². The predicted octanol–water partition coefficient (Wildman–Crippen LogP) is 4.25. The molecular formula is C30H32N4O2. The summed E-state index contributed by atoms with van der Waals surface area (Å²) in [6.45, 7) is 4.47. The lowest BCUT2D eigenvalue weighted by Gasteiger charge is -2.57. The van der Waals surface area contributed by atoms with Gasteiger partial charge in [0.2, 0.25) is 0 Å². The van der Waals surface area contributed by atoms with Crippen LogP contribution in [0, 0.1) is 18.8 Å². The van der Waals surface area contributed by atoms with Crippen LogP contribution in [0.5, 0.6) is 0 Å². The number of anilines is 1. The third kappa shape index (κ3) is 5.28. The van der Waals surface area contributed by atoms with Gasteiger partial charge in [0.25, 0.3) is 0 Å². The summed E-state index contributed by atoms with van der Waals surface area (Å²) in [5.74, 6) is 6.44. The van der Waals surface area contributed by atoms with Gasteiger partial charge in [0.1, 0.15) is 5.69 Å². The fourth-order valence-electron chi connectivity index (χ4n) is 5.33. The molecule has 3 atom stereocenters. The number of benzene rings is 2. The maximum atomic E-state index is 13.1. The van der Waals surface area contributed by atoms with Crippen LogP contribution in [0.4, 0.5) is 10.5 Å². The molecule has 2 aliphatic heterocycles. The molecule has 2 saturated heterocycles. The number of amides is 2. The number of nitrogens with zero attached hydrogens (tertiary/aromatic N) is 3. The Kier molecular flexibility index (Phi) is 7.31. The highest BCUT2D eigenvalue weighted by atomic mass is 16.3. The van der Waals surface area contributed by atoms with Gasteiger partial charge in [-0.2, -0.15) is 0 Å². The van der Waals surface area contributed by atoms with Crippen molar-refractivity contribution in [1.29, 1.82) is 0 Å². The maximum absolute atomic E-state index is 13.1. The minimum atomic E-state index is -0.0629. The second-order valence-corrected chi connectivity index (χ2v) is 9.62. The van der Waals surface area contributed by atoms with E-state index in [0.717, 1.165) is 48.4 Å². The first kappa shape index (κ1) is 24.1. The molecule has 6 heteroatoms. The summed E-state index contributed by atoms with van der Waals surface area (Å²) in [5.41, 5.74) is 4.83. The van der Waals surface area contributed by atoms with Crippen LogP contribution in [0.15, 0.2) is 72.9 Å². The van der Waals surface area contributed by atoms with Crippen LogP contribution in [-0.4, -0.2) is 64.2 Å². The number of fused-ring (bicyclic) bond motifs is 1. The lowest BCUT2D eigenvalue weighted by atomic mass is 9.74. The number of aryl methyl sites for hydroxylation is 1. The third-order valence-electron chi connectivity index (χ3n) is 7.26. The van der Waals surface area contributed by atoms with Gasteiger partial charge in [-0.15, -0.1) is 0 Å². The molecule has 5 rings (SSSR count). The SMILES string of the molecule is Cc1ccc(NC(=O)N2CCCCN3[C@H](CO)[C@H](c4ccc(C#Cc5ccccn5)cc4)[C@@H]3C2)cc1. The van der Waals surface area contributed by atoms with E-state index in [-0.39, 0.29) is 30.6 Å². The fraction of sp³-hybridized carbons (Fsp3) is 0.333. The first-order valence-corrected chi connectivity index (χ1v) is 12.6. The first-order valence-electron chi connectivity index (χ1n) is 12.6. The number of carbonyl (C=O) groups is 1. The number of rotatable bonds is 3. The highest BCUT2D eigenvalue weighted by molar-refractivity contribution is 5.89. The standard InChI is InChI=1S/C30H32N4O2/c1-22-7-14-26(15-8-22)32-30(36)33-18-4-5-19-34-27(20-33)29(28(34)21-35)24-12-9-23(10-13-24)11-16-25-6-2-3-17-31-25/h2-3,6-10,12-15,17,27-29,35H,4-5,18-21H2,1H3,(H,32,36)/t27-,28+,29+/m0/s1. The van der Waals surface area contributed by atoms with E-state index in [9.17, 15) is 9.90 Å². The Labute approximate surface area is 213 Å². The lowest BCUT2D eigenvalue weighted by Crippen LogP contribution is -2.68. The van der Waals surface area contributed by atoms with Crippen molar-refractivity contribution in [2.75, 3.05) is 31.6 Å². The zero-order valence-electron chi connectivity index (χ0n) is 20.6. The number of hydrogen-bond acceptors (Lipinski definition) is 4. The topological polar surface area (TPSA) is 68.7 Å². The van der Waals surface area contributed by atoms with Crippen molar-refractivity contribution in [3.05, 3.63) is 95.3 Å². The van der Waals surface area contributed by atoms with E-state index in [1.807, 2.05) is 66.4 Å². The smallest absolute Gasteiger partial charge is 0.321 e. The Bertz CT molecular complexity index is 1230. The molecule has 3 aromatic rings. The van der Waals surface area contributed by atoms with Gasteiger partial charge in [0, 0.05) is 48.5 Å². The third-order valence-corrected chi connectivity index (χ3v) is 7.26. The monoisotopic (exact) mass is 480 g/mol. The summed E-state index contributed by atoms with van der Waals surface area (Å²) in [4.78, 5) is 21.7. The molecular weight excluding hydrogens is 448 g/mol.